The van der Waals surface area contributed by atoms with E-state index in [-0.39, 0.29) is 11.9 Å². The van der Waals surface area contributed by atoms with Crippen molar-refractivity contribution in [3.05, 3.63) is 23.8 Å². The van der Waals surface area contributed by atoms with Gasteiger partial charge in [0.15, 0.2) is 0 Å². The van der Waals surface area contributed by atoms with E-state index in [2.05, 4.69) is 10.2 Å². The van der Waals surface area contributed by atoms with E-state index >= 15 is 0 Å². The van der Waals surface area contributed by atoms with Gasteiger partial charge in [0.25, 0.3) is 0 Å². The average Bonchev–Trinajstić information content (AvgIpc) is 2.81. The largest absolute Gasteiger partial charge is 0.399 e. The molecule has 3 N–H and O–H groups in total. The average molecular weight is 231 g/mol. The summed E-state index contributed by atoms with van der Waals surface area (Å²) in [5.74, 6) is 0.116. The number of fused-ring (bicyclic) bond motifs is 1. The molecule has 1 atom stereocenters. The van der Waals surface area contributed by atoms with Gasteiger partial charge in [0.05, 0.1) is 6.04 Å². The number of likely N-dealkylation sites (tertiary alicyclic amines) is 1. The summed E-state index contributed by atoms with van der Waals surface area (Å²) in [6.45, 7) is 2.09. The molecule has 17 heavy (non-hydrogen) atoms. The van der Waals surface area contributed by atoms with E-state index in [1.807, 2.05) is 18.2 Å². The first-order chi connectivity index (χ1) is 8.24. The molecule has 1 unspecified atom stereocenters. The van der Waals surface area contributed by atoms with Gasteiger partial charge in [-0.1, -0.05) is 6.07 Å². The minimum Gasteiger partial charge on any atom is -0.399 e. The Morgan fingerprint density at radius 3 is 2.82 bits per heavy atom. The van der Waals surface area contributed by atoms with Gasteiger partial charge >= 0.3 is 0 Å². The van der Waals surface area contributed by atoms with Crippen molar-refractivity contribution in [2.24, 2.45) is 0 Å². The van der Waals surface area contributed by atoms with Gasteiger partial charge in [0, 0.05) is 11.4 Å². The van der Waals surface area contributed by atoms with Crippen molar-refractivity contribution in [2.75, 3.05) is 24.1 Å². The molecule has 3 rings (SSSR count). The molecule has 90 valence electrons. The first-order valence-corrected chi connectivity index (χ1v) is 6.17. The Labute approximate surface area is 101 Å². The molecule has 0 radical (unpaired) electrons. The number of nitrogens with one attached hydrogen (secondary N) is 1. The summed E-state index contributed by atoms with van der Waals surface area (Å²) in [5, 5.41) is 2.97. The highest BCUT2D eigenvalue weighted by molar-refractivity contribution is 5.98. The van der Waals surface area contributed by atoms with Gasteiger partial charge in [-0.05, 0) is 50.0 Å². The molecule has 1 aromatic carbocycles. The molecule has 1 aromatic rings. The normalized spacial score (nSPS) is 24.5. The topological polar surface area (TPSA) is 58.4 Å². The van der Waals surface area contributed by atoms with E-state index in [4.69, 9.17) is 5.73 Å². The number of nitrogens with zero attached hydrogens (tertiary/aromatic N) is 1. The van der Waals surface area contributed by atoms with Gasteiger partial charge in [0.2, 0.25) is 5.91 Å². The van der Waals surface area contributed by atoms with Crippen LogP contribution in [-0.2, 0) is 11.2 Å². The number of anilines is 2. The van der Waals surface area contributed by atoms with Crippen molar-refractivity contribution in [2.45, 2.75) is 25.3 Å². The first kappa shape index (κ1) is 10.6. The van der Waals surface area contributed by atoms with Crippen LogP contribution < -0.4 is 11.1 Å². The van der Waals surface area contributed by atoms with Crippen molar-refractivity contribution in [1.29, 1.82) is 0 Å². The Kier molecular flexibility index (Phi) is 2.52. The van der Waals surface area contributed by atoms with Crippen LogP contribution in [0.5, 0.6) is 0 Å². The lowest BCUT2D eigenvalue weighted by Gasteiger charge is -2.31. The fourth-order valence-corrected chi connectivity index (χ4v) is 2.75. The zero-order valence-corrected chi connectivity index (χ0v) is 9.78. The molecule has 0 aromatic heterocycles. The molecule has 2 heterocycles. The third-order valence-electron chi connectivity index (χ3n) is 3.69. The van der Waals surface area contributed by atoms with Crippen LogP contribution in [0.4, 0.5) is 11.4 Å². The predicted octanol–water partition coefficient (Wildman–Crippen LogP) is 1.23. The smallest absolute Gasteiger partial charge is 0.242 e. The Morgan fingerprint density at radius 2 is 2.06 bits per heavy atom. The summed E-state index contributed by atoms with van der Waals surface area (Å²) in [4.78, 5) is 14.3. The second-order valence-electron chi connectivity index (χ2n) is 4.87. The van der Waals surface area contributed by atoms with Crippen molar-refractivity contribution in [3.8, 4) is 0 Å². The van der Waals surface area contributed by atoms with Crippen LogP contribution in [0.1, 0.15) is 18.4 Å². The lowest BCUT2D eigenvalue weighted by atomic mass is 9.97. The number of carbonyl (C=O) groups is 1. The van der Waals surface area contributed by atoms with Crippen LogP contribution in [0.2, 0.25) is 0 Å². The molecule has 1 amide bonds. The van der Waals surface area contributed by atoms with Crippen molar-refractivity contribution in [1.82, 2.24) is 4.90 Å². The molecule has 1 saturated heterocycles. The van der Waals surface area contributed by atoms with Crippen LogP contribution in [0.25, 0.3) is 0 Å². The number of rotatable bonds is 1. The van der Waals surface area contributed by atoms with Crippen LogP contribution in [0, 0.1) is 0 Å². The summed E-state index contributed by atoms with van der Waals surface area (Å²) >= 11 is 0. The highest BCUT2D eigenvalue weighted by atomic mass is 16.2. The van der Waals surface area contributed by atoms with Crippen molar-refractivity contribution < 1.29 is 4.79 Å². The third kappa shape index (κ3) is 1.89. The lowest BCUT2D eigenvalue weighted by molar-refractivity contribution is -0.121. The molecule has 4 nitrogen and oxygen atoms in total. The maximum atomic E-state index is 12.1. The molecular formula is C13H17N3O. The summed E-state index contributed by atoms with van der Waals surface area (Å²) in [6.07, 6.45) is 3.22. The second kappa shape index (κ2) is 4.04. The predicted molar refractivity (Wildman–Crippen MR) is 67.8 cm³/mol. The number of carbonyl (C=O) groups excluding carboxylic acids is 1. The highest BCUT2D eigenvalue weighted by Crippen LogP contribution is 2.28. The monoisotopic (exact) mass is 231 g/mol. The van der Waals surface area contributed by atoms with Crippen LogP contribution in [0.3, 0.4) is 0 Å². The fourth-order valence-electron chi connectivity index (χ4n) is 2.75. The van der Waals surface area contributed by atoms with Crippen molar-refractivity contribution in [3.63, 3.8) is 0 Å². The molecule has 1 fully saturated rings. The molecule has 2 aliphatic heterocycles. The van der Waals surface area contributed by atoms with Crippen molar-refractivity contribution >= 4 is 17.3 Å². The van der Waals surface area contributed by atoms with E-state index in [1.54, 1.807) is 0 Å². The Balaban J connectivity index is 1.87. The van der Waals surface area contributed by atoms with Gasteiger partial charge in [-0.25, -0.2) is 0 Å². The van der Waals surface area contributed by atoms with Gasteiger partial charge in [-0.2, -0.15) is 0 Å². The molecule has 0 aliphatic carbocycles. The SMILES string of the molecule is Nc1ccc2c(c1)NC(=O)C(N1CCCC1)C2. The second-order valence-corrected chi connectivity index (χ2v) is 4.87. The van der Waals surface area contributed by atoms with E-state index in [9.17, 15) is 4.79 Å². The highest BCUT2D eigenvalue weighted by Gasteiger charge is 2.32. The van der Waals surface area contributed by atoms with Gasteiger partial charge in [0.1, 0.15) is 0 Å². The summed E-state index contributed by atoms with van der Waals surface area (Å²) in [5.41, 5.74) is 8.49. The Bertz CT molecular complexity index is 452. The molecule has 2 aliphatic rings. The number of nitrogens with two attached hydrogens (primary N) is 1. The number of benzene rings is 1. The fraction of sp³-hybridized carbons (Fsp3) is 0.462. The number of hydrogen-bond acceptors (Lipinski definition) is 3. The third-order valence-corrected chi connectivity index (χ3v) is 3.69. The minimum absolute atomic E-state index is 0.00799. The minimum atomic E-state index is 0.00799. The Hall–Kier alpha value is -1.55. The van der Waals surface area contributed by atoms with Gasteiger partial charge in [-0.3, -0.25) is 9.69 Å². The molecule has 0 spiro atoms. The van der Waals surface area contributed by atoms with E-state index in [0.717, 1.165) is 25.2 Å². The maximum absolute atomic E-state index is 12.1. The summed E-state index contributed by atoms with van der Waals surface area (Å²) < 4.78 is 0. The molecule has 0 bridgehead atoms. The molecular weight excluding hydrogens is 214 g/mol. The van der Waals surface area contributed by atoms with E-state index < -0.39 is 0 Å². The number of hydrogen-bond donors (Lipinski definition) is 2. The van der Waals surface area contributed by atoms with Gasteiger partial charge in [-0.15, -0.1) is 0 Å². The van der Waals surface area contributed by atoms with Crippen LogP contribution in [-0.4, -0.2) is 29.9 Å². The van der Waals surface area contributed by atoms with E-state index in [0.29, 0.717) is 5.69 Å². The van der Waals surface area contributed by atoms with Crippen LogP contribution in [0.15, 0.2) is 18.2 Å². The molecule has 0 saturated carbocycles. The standard InChI is InChI=1S/C13H17N3O/c14-10-4-3-9-7-12(16-5-1-2-6-16)13(17)15-11(9)8-10/h3-4,8,12H,1-2,5-7,14H2,(H,15,17). The van der Waals surface area contributed by atoms with Crippen LogP contribution >= 0.6 is 0 Å². The maximum Gasteiger partial charge on any atom is 0.242 e. The lowest BCUT2D eigenvalue weighted by Crippen LogP contribution is -2.46. The van der Waals surface area contributed by atoms with E-state index in [1.165, 1.54) is 18.4 Å². The van der Waals surface area contributed by atoms with Gasteiger partial charge < -0.3 is 11.1 Å². The quantitative estimate of drug-likeness (QED) is 0.715. The number of amides is 1. The summed E-state index contributed by atoms with van der Waals surface area (Å²) in [6, 6.07) is 5.77. The first-order valence-electron chi connectivity index (χ1n) is 6.17. The summed E-state index contributed by atoms with van der Waals surface area (Å²) in [7, 11) is 0. The Morgan fingerprint density at radius 1 is 1.29 bits per heavy atom. The number of nitrogen functional groups attached to an aromatic ring is 1. The zero-order valence-electron chi connectivity index (χ0n) is 9.78. The molecule has 4 heteroatoms. The zero-order chi connectivity index (χ0) is 11.8.